The van der Waals surface area contributed by atoms with Gasteiger partial charge in [-0.1, -0.05) is 19.1 Å². The summed E-state index contributed by atoms with van der Waals surface area (Å²) in [7, 11) is 0. The summed E-state index contributed by atoms with van der Waals surface area (Å²) in [6, 6.07) is 9.05. The van der Waals surface area contributed by atoms with Gasteiger partial charge in [-0.25, -0.2) is 4.39 Å². The largest absolute Gasteiger partial charge is 0.324 e. The second-order valence-corrected chi connectivity index (χ2v) is 6.22. The minimum Gasteiger partial charge on any atom is -0.324 e. The average Bonchev–Trinajstić information content (AvgIpc) is 2.80. The number of thiophene rings is 1. The first kappa shape index (κ1) is 13.7. The number of hydrogen-bond donors (Lipinski definition) is 1. The molecule has 2 rings (SSSR count). The van der Waals surface area contributed by atoms with Crippen LogP contribution in [-0.4, -0.2) is 0 Å². The zero-order chi connectivity index (χ0) is 13.1. The van der Waals surface area contributed by atoms with Gasteiger partial charge in [0.05, 0.1) is 4.47 Å². The van der Waals surface area contributed by atoms with Gasteiger partial charge in [0.25, 0.3) is 0 Å². The molecule has 0 saturated carbocycles. The van der Waals surface area contributed by atoms with E-state index in [1.807, 2.05) is 6.07 Å². The highest BCUT2D eigenvalue weighted by atomic mass is 79.9. The van der Waals surface area contributed by atoms with Crippen molar-refractivity contribution < 1.29 is 4.39 Å². The van der Waals surface area contributed by atoms with Crippen LogP contribution in [0.1, 0.15) is 28.3 Å². The van der Waals surface area contributed by atoms with Crippen LogP contribution < -0.4 is 5.73 Å². The Morgan fingerprint density at radius 2 is 2.00 bits per heavy atom. The molecule has 0 aliphatic rings. The Kier molecular flexibility index (Phi) is 4.54. The Balaban J connectivity index is 2.16. The highest BCUT2D eigenvalue weighted by Crippen LogP contribution is 2.28. The molecule has 0 spiro atoms. The highest BCUT2D eigenvalue weighted by molar-refractivity contribution is 9.10. The predicted molar refractivity (Wildman–Crippen MR) is 78.4 cm³/mol. The molecule has 18 heavy (non-hydrogen) atoms. The fraction of sp³-hybridized carbons (Fsp3) is 0.286. The lowest BCUT2D eigenvalue weighted by Crippen LogP contribution is -2.13. The Morgan fingerprint density at radius 1 is 1.28 bits per heavy atom. The molecule has 2 aromatic rings. The molecule has 4 heteroatoms. The van der Waals surface area contributed by atoms with E-state index >= 15 is 0 Å². The lowest BCUT2D eigenvalue weighted by Gasteiger charge is -2.13. The van der Waals surface area contributed by atoms with Crippen LogP contribution in [0.4, 0.5) is 4.39 Å². The van der Waals surface area contributed by atoms with E-state index in [-0.39, 0.29) is 11.9 Å². The Bertz CT molecular complexity index is 538. The van der Waals surface area contributed by atoms with Crippen molar-refractivity contribution in [3.63, 3.8) is 0 Å². The third-order valence-corrected chi connectivity index (χ3v) is 4.96. The number of rotatable bonds is 4. The molecule has 96 valence electrons. The lowest BCUT2D eigenvalue weighted by atomic mass is 10.0. The second kappa shape index (κ2) is 5.95. The van der Waals surface area contributed by atoms with Gasteiger partial charge < -0.3 is 5.73 Å². The molecule has 1 heterocycles. The molecular formula is C14H15BrFNS. The van der Waals surface area contributed by atoms with Crippen LogP contribution in [-0.2, 0) is 12.8 Å². The minimum atomic E-state index is -0.261. The quantitative estimate of drug-likeness (QED) is 0.881. The van der Waals surface area contributed by atoms with Gasteiger partial charge in [0.2, 0.25) is 0 Å². The smallest absolute Gasteiger partial charge is 0.137 e. The van der Waals surface area contributed by atoms with Gasteiger partial charge in [-0.15, -0.1) is 11.3 Å². The van der Waals surface area contributed by atoms with Gasteiger partial charge in [0.15, 0.2) is 0 Å². The van der Waals surface area contributed by atoms with Gasteiger partial charge in [-0.3, -0.25) is 0 Å². The SMILES string of the molecule is CCc1ccc(CC(N)c2cccc(F)c2Br)s1. The van der Waals surface area contributed by atoms with Crippen LogP contribution in [0.3, 0.4) is 0 Å². The molecule has 0 saturated heterocycles. The van der Waals surface area contributed by atoms with E-state index in [0.717, 1.165) is 18.4 Å². The van der Waals surface area contributed by atoms with Crippen molar-refractivity contribution in [1.29, 1.82) is 0 Å². The van der Waals surface area contributed by atoms with Crippen LogP contribution in [0.2, 0.25) is 0 Å². The summed E-state index contributed by atoms with van der Waals surface area (Å²) in [6.07, 6.45) is 1.79. The Morgan fingerprint density at radius 3 is 2.67 bits per heavy atom. The van der Waals surface area contributed by atoms with Crippen molar-refractivity contribution in [3.8, 4) is 0 Å². The van der Waals surface area contributed by atoms with Crippen molar-refractivity contribution >= 4 is 27.3 Å². The molecule has 0 aliphatic carbocycles. The van der Waals surface area contributed by atoms with Gasteiger partial charge in [-0.05, 0) is 46.1 Å². The number of hydrogen-bond acceptors (Lipinski definition) is 2. The molecule has 0 fully saturated rings. The summed E-state index contributed by atoms with van der Waals surface area (Å²) in [5.41, 5.74) is 6.98. The molecule has 0 amide bonds. The van der Waals surface area contributed by atoms with E-state index in [1.54, 1.807) is 17.4 Å². The Labute approximate surface area is 119 Å². The molecule has 1 unspecified atom stereocenters. The van der Waals surface area contributed by atoms with Crippen molar-refractivity contribution in [3.05, 3.63) is 55.9 Å². The maximum atomic E-state index is 13.4. The zero-order valence-corrected chi connectivity index (χ0v) is 12.5. The van der Waals surface area contributed by atoms with Gasteiger partial charge in [0, 0.05) is 22.2 Å². The van der Waals surface area contributed by atoms with Crippen molar-refractivity contribution in [2.75, 3.05) is 0 Å². The summed E-state index contributed by atoms with van der Waals surface area (Å²) in [5.74, 6) is -0.261. The molecule has 1 nitrogen and oxygen atoms in total. The Hall–Kier alpha value is -0.710. The molecule has 1 atom stereocenters. The fourth-order valence-corrected chi connectivity index (χ4v) is 3.43. The third kappa shape index (κ3) is 2.99. The summed E-state index contributed by atoms with van der Waals surface area (Å²) in [6.45, 7) is 2.14. The molecule has 0 radical (unpaired) electrons. The summed E-state index contributed by atoms with van der Waals surface area (Å²) in [4.78, 5) is 2.60. The van der Waals surface area contributed by atoms with E-state index in [4.69, 9.17) is 5.73 Å². The van der Waals surface area contributed by atoms with Gasteiger partial charge in [0.1, 0.15) is 5.82 Å². The van der Waals surface area contributed by atoms with Crippen LogP contribution in [0.25, 0.3) is 0 Å². The normalized spacial score (nSPS) is 12.7. The van der Waals surface area contributed by atoms with E-state index in [0.29, 0.717) is 4.47 Å². The lowest BCUT2D eigenvalue weighted by molar-refractivity contribution is 0.610. The maximum absolute atomic E-state index is 13.4. The molecular weight excluding hydrogens is 313 g/mol. The highest BCUT2D eigenvalue weighted by Gasteiger charge is 2.14. The molecule has 1 aromatic carbocycles. The summed E-state index contributed by atoms with van der Waals surface area (Å²) in [5, 5.41) is 0. The molecule has 1 aromatic heterocycles. The standard InChI is InChI=1S/C14H15BrFNS/c1-2-9-6-7-10(18-9)8-13(17)11-4-3-5-12(16)14(11)15/h3-7,13H,2,8,17H2,1H3. The second-order valence-electron chi connectivity index (χ2n) is 4.18. The zero-order valence-electron chi connectivity index (χ0n) is 10.1. The number of halogens is 2. The van der Waals surface area contributed by atoms with Crippen LogP contribution >= 0.6 is 27.3 Å². The van der Waals surface area contributed by atoms with E-state index in [2.05, 4.69) is 35.0 Å². The first-order valence-electron chi connectivity index (χ1n) is 5.89. The monoisotopic (exact) mass is 327 g/mol. The van der Waals surface area contributed by atoms with Gasteiger partial charge >= 0.3 is 0 Å². The number of benzene rings is 1. The molecule has 2 N–H and O–H groups in total. The van der Waals surface area contributed by atoms with E-state index in [1.165, 1.54) is 15.8 Å². The summed E-state index contributed by atoms with van der Waals surface area (Å²) >= 11 is 5.04. The average molecular weight is 328 g/mol. The van der Waals surface area contributed by atoms with Crippen LogP contribution in [0, 0.1) is 5.82 Å². The van der Waals surface area contributed by atoms with Crippen molar-refractivity contribution in [2.24, 2.45) is 5.73 Å². The van der Waals surface area contributed by atoms with E-state index in [9.17, 15) is 4.39 Å². The molecule has 0 aliphatic heterocycles. The van der Waals surface area contributed by atoms with Gasteiger partial charge in [-0.2, -0.15) is 0 Å². The third-order valence-electron chi connectivity index (χ3n) is 2.87. The number of aryl methyl sites for hydroxylation is 1. The van der Waals surface area contributed by atoms with Crippen LogP contribution in [0.15, 0.2) is 34.8 Å². The molecule has 0 bridgehead atoms. The topological polar surface area (TPSA) is 26.0 Å². The minimum absolute atomic E-state index is 0.182. The predicted octanol–water partition coefficient (Wildman–Crippen LogP) is 4.45. The maximum Gasteiger partial charge on any atom is 0.137 e. The summed E-state index contributed by atoms with van der Waals surface area (Å²) < 4.78 is 13.9. The fourth-order valence-electron chi connectivity index (χ4n) is 1.86. The first-order valence-corrected chi connectivity index (χ1v) is 7.49. The van der Waals surface area contributed by atoms with Crippen molar-refractivity contribution in [2.45, 2.75) is 25.8 Å². The van der Waals surface area contributed by atoms with E-state index < -0.39 is 0 Å². The first-order chi connectivity index (χ1) is 8.61. The number of nitrogens with two attached hydrogens (primary N) is 1. The van der Waals surface area contributed by atoms with Crippen LogP contribution in [0.5, 0.6) is 0 Å². The van der Waals surface area contributed by atoms with Crippen molar-refractivity contribution in [1.82, 2.24) is 0 Å².